The normalized spacial score (nSPS) is 14.6. The highest BCUT2D eigenvalue weighted by Gasteiger charge is 2.27. The Morgan fingerprint density at radius 3 is 1.87 bits per heavy atom. The van der Waals surface area contributed by atoms with Crippen LogP contribution < -0.4 is 0 Å². The third-order valence-corrected chi connectivity index (χ3v) is 10.2. The number of rotatable bonds is 5. The molecule has 4 heteroatoms. The molecule has 0 N–H and O–H groups in total. The fourth-order valence-corrected chi connectivity index (χ4v) is 7.59. The van der Waals surface area contributed by atoms with Crippen LogP contribution in [0.25, 0.3) is 78.0 Å². The molecule has 1 atom stereocenters. The number of benzene rings is 6. The van der Waals surface area contributed by atoms with Crippen LogP contribution in [-0.2, 0) is 0 Å². The molecule has 0 saturated heterocycles. The van der Waals surface area contributed by atoms with Gasteiger partial charge in [-0.25, -0.2) is 15.0 Å². The Labute approximate surface area is 302 Å². The maximum atomic E-state index is 5.24. The zero-order valence-corrected chi connectivity index (χ0v) is 28.3. The topological polar surface area (TPSA) is 51.0 Å². The highest BCUT2D eigenvalue weighted by molar-refractivity contribution is 6.06. The fraction of sp³-hybridized carbons (Fsp3) is 0.0417. The second-order valence-electron chi connectivity index (χ2n) is 13.4. The van der Waals surface area contributed by atoms with Crippen LogP contribution in [0.5, 0.6) is 0 Å². The van der Waals surface area contributed by atoms with E-state index in [1.165, 1.54) is 16.7 Å². The third-order valence-electron chi connectivity index (χ3n) is 10.2. The summed E-state index contributed by atoms with van der Waals surface area (Å²) < 4.78 is 0. The molecule has 3 heterocycles. The highest BCUT2D eigenvalue weighted by atomic mass is 14.9. The second kappa shape index (κ2) is 12.5. The molecule has 10 rings (SSSR count). The maximum absolute atomic E-state index is 5.24. The maximum Gasteiger partial charge on any atom is 0.160 e. The Balaban J connectivity index is 1.03. The smallest absolute Gasteiger partial charge is 0.160 e. The van der Waals surface area contributed by atoms with Crippen LogP contribution in [0.3, 0.4) is 0 Å². The number of fused-ring (bicyclic) bond motifs is 7. The lowest BCUT2D eigenvalue weighted by Gasteiger charge is -2.24. The largest absolute Gasteiger partial charge is 0.252 e. The molecule has 0 amide bonds. The van der Waals surface area contributed by atoms with Crippen molar-refractivity contribution in [3.8, 4) is 56.2 Å². The molecule has 52 heavy (non-hydrogen) atoms. The molecule has 0 fully saturated rings. The first-order chi connectivity index (χ1) is 25.7. The first-order valence-electron chi connectivity index (χ1n) is 17.7. The number of nitrogens with zero attached hydrogens (tertiary/aromatic N) is 4. The van der Waals surface area contributed by atoms with Gasteiger partial charge in [0.2, 0.25) is 0 Å². The SMILES string of the molecule is C1=CC2=Nc3c(c(-c4ccc(-c5cccc(-c6nc(-c7ccc(-c8ccccc8)cc7)nc7ccccc67)c5)cc4)nc4ccccc34)[C@H](C=C1)C2. The van der Waals surface area contributed by atoms with Gasteiger partial charge in [0, 0.05) is 51.1 Å². The van der Waals surface area contributed by atoms with Gasteiger partial charge < -0.3 is 0 Å². The summed E-state index contributed by atoms with van der Waals surface area (Å²) in [5, 5.41) is 2.13. The van der Waals surface area contributed by atoms with E-state index in [0.717, 1.165) is 78.8 Å². The molecule has 0 saturated carbocycles. The van der Waals surface area contributed by atoms with E-state index in [9.17, 15) is 0 Å². The fourth-order valence-electron chi connectivity index (χ4n) is 7.59. The molecule has 2 aliphatic rings. The lowest BCUT2D eigenvalue weighted by Crippen LogP contribution is -2.10. The molecule has 0 unspecified atom stereocenters. The number of hydrogen-bond donors (Lipinski definition) is 0. The van der Waals surface area contributed by atoms with E-state index in [2.05, 4.69) is 164 Å². The quantitative estimate of drug-likeness (QED) is 0.184. The Bertz CT molecular complexity index is 2740. The van der Waals surface area contributed by atoms with E-state index >= 15 is 0 Å². The standard InChI is InChI=1S/C48H32N4/c1-2-11-31(12-3-1)32-23-27-35(28-24-32)48-51-43-20-9-6-17-40(43)45(52-48)38-15-10-14-36(29-38)33-21-25-34(26-22-33)46-44-37-13-4-5-16-39(30-37)49-47(44)41-18-7-8-19-42(41)50-46/h1-29,37H,30H2/t37-/m1/s1. The first kappa shape index (κ1) is 30.1. The molecule has 1 aliphatic heterocycles. The summed E-state index contributed by atoms with van der Waals surface area (Å²) >= 11 is 0. The number of allylic oxidation sites excluding steroid dienone is 4. The Morgan fingerprint density at radius 1 is 0.442 bits per heavy atom. The van der Waals surface area contributed by atoms with Crippen molar-refractivity contribution in [2.24, 2.45) is 4.99 Å². The Kier molecular flexibility index (Phi) is 7.24. The van der Waals surface area contributed by atoms with Gasteiger partial charge in [-0.1, -0.05) is 152 Å². The second-order valence-corrected chi connectivity index (χ2v) is 13.4. The van der Waals surface area contributed by atoms with Crippen molar-refractivity contribution in [1.82, 2.24) is 15.0 Å². The van der Waals surface area contributed by atoms with Crippen molar-refractivity contribution in [2.75, 3.05) is 0 Å². The van der Waals surface area contributed by atoms with Crippen molar-refractivity contribution in [3.63, 3.8) is 0 Å². The van der Waals surface area contributed by atoms with Gasteiger partial charge in [-0.2, -0.15) is 0 Å². The minimum atomic E-state index is 0.232. The summed E-state index contributed by atoms with van der Waals surface area (Å²) in [6.07, 6.45) is 9.54. The Hall–Kier alpha value is -6.78. The van der Waals surface area contributed by atoms with Gasteiger partial charge in [-0.15, -0.1) is 0 Å². The molecule has 8 aromatic rings. The molecule has 2 bridgehead atoms. The summed E-state index contributed by atoms with van der Waals surface area (Å²) in [4.78, 5) is 20.6. The van der Waals surface area contributed by atoms with Crippen LogP contribution in [0.1, 0.15) is 17.9 Å². The van der Waals surface area contributed by atoms with E-state index in [4.69, 9.17) is 19.9 Å². The zero-order chi connectivity index (χ0) is 34.4. The predicted molar refractivity (Wildman–Crippen MR) is 215 cm³/mol. The summed E-state index contributed by atoms with van der Waals surface area (Å²) in [5.41, 5.74) is 14.9. The highest BCUT2D eigenvalue weighted by Crippen LogP contribution is 2.46. The zero-order valence-electron chi connectivity index (χ0n) is 28.3. The molecule has 0 radical (unpaired) electrons. The lowest BCUT2D eigenvalue weighted by molar-refractivity contribution is 0.878. The van der Waals surface area contributed by atoms with Crippen LogP contribution in [0.2, 0.25) is 0 Å². The molecular formula is C48H32N4. The predicted octanol–water partition coefficient (Wildman–Crippen LogP) is 12.2. The number of aliphatic imine (C=N–C) groups is 1. The summed E-state index contributed by atoms with van der Waals surface area (Å²) in [7, 11) is 0. The average molecular weight is 665 g/mol. The van der Waals surface area contributed by atoms with Gasteiger partial charge in [-0.3, -0.25) is 4.99 Å². The minimum absolute atomic E-state index is 0.232. The summed E-state index contributed by atoms with van der Waals surface area (Å²) in [6, 6.07) is 53.1. The first-order valence-corrected chi connectivity index (χ1v) is 17.7. The lowest BCUT2D eigenvalue weighted by atomic mass is 9.85. The van der Waals surface area contributed by atoms with Crippen molar-refractivity contribution < 1.29 is 0 Å². The van der Waals surface area contributed by atoms with Crippen molar-refractivity contribution in [2.45, 2.75) is 12.3 Å². The number of pyridine rings is 1. The number of para-hydroxylation sites is 2. The summed E-state index contributed by atoms with van der Waals surface area (Å²) in [5.74, 6) is 0.945. The van der Waals surface area contributed by atoms with Gasteiger partial charge in [0.25, 0.3) is 0 Å². The third kappa shape index (κ3) is 5.33. The van der Waals surface area contributed by atoms with Crippen LogP contribution in [0.4, 0.5) is 5.69 Å². The molecule has 4 nitrogen and oxygen atoms in total. The molecule has 6 aromatic carbocycles. The van der Waals surface area contributed by atoms with E-state index < -0.39 is 0 Å². The van der Waals surface area contributed by atoms with Gasteiger partial charge in [0.15, 0.2) is 5.82 Å². The van der Waals surface area contributed by atoms with Crippen LogP contribution in [-0.4, -0.2) is 20.7 Å². The van der Waals surface area contributed by atoms with Crippen molar-refractivity contribution in [1.29, 1.82) is 0 Å². The molecule has 1 aliphatic carbocycles. The van der Waals surface area contributed by atoms with E-state index in [1.807, 2.05) is 12.1 Å². The molecular weight excluding hydrogens is 633 g/mol. The van der Waals surface area contributed by atoms with Gasteiger partial charge in [0.1, 0.15) is 0 Å². The number of hydrogen-bond acceptors (Lipinski definition) is 4. The average Bonchev–Trinajstić information content (AvgIpc) is 3.41. The van der Waals surface area contributed by atoms with Crippen LogP contribution in [0, 0.1) is 0 Å². The van der Waals surface area contributed by atoms with Gasteiger partial charge in [0.05, 0.1) is 28.1 Å². The van der Waals surface area contributed by atoms with E-state index in [1.54, 1.807) is 0 Å². The number of aromatic nitrogens is 3. The van der Waals surface area contributed by atoms with E-state index in [0.29, 0.717) is 5.82 Å². The Morgan fingerprint density at radius 2 is 1.06 bits per heavy atom. The van der Waals surface area contributed by atoms with Gasteiger partial charge in [-0.05, 0) is 46.5 Å². The van der Waals surface area contributed by atoms with Crippen molar-refractivity contribution >= 4 is 33.2 Å². The van der Waals surface area contributed by atoms with E-state index in [-0.39, 0.29) is 5.92 Å². The van der Waals surface area contributed by atoms with Crippen LogP contribution in [0.15, 0.2) is 181 Å². The van der Waals surface area contributed by atoms with Crippen LogP contribution >= 0.6 is 0 Å². The van der Waals surface area contributed by atoms with Gasteiger partial charge >= 0.3 is 0 Å². The monoisotopic (exact) mass is 664 g/mol. The minimum Gasteiger partial charge on any atom is -0.252 e. The summed E-state index contributed by atoms with van der Waals surface area (Å²) in [6.45, 7) is 0. The van der Waals surface area contributed by atoms with Crippen molar-refractivity contribution in [3.05, 3.63) is 182 Å². The molecule has 0 spiro atoms. The molecule has 2 aromatic heterocycles. The molecule has 244 valence electrons.